The highest BCUT2D eigenvalue weighted by Gasteiger charge is 2.06. The average Bonchev–Trinajstić information content (AvgIpc) is 2.38. The number of ether oxygens (including phenoxy) is 1. The first kappa shape index (κ1) is 13.7. The normalized spacial score (nSPS) is 12.1. The molecule has 0 amide bonds. The molecule has 17 heavy (non-hydrogen) atoms. The van der Waals surface area contributed by atoms with E-state index in [0.717, 1.165) is 17.7 Å². The van der Waals surface area contributed by atoms with Gasteiger partial charge in [-0.25, -0.2) is 0 Å². The van der Waals surface area contributed by atoms with Gasteiger partial charge in [-0.05, 0) is 12.5 Å². The van der Waals surface area contributed by atoms with Gasteiger partial charge < -0.3 is 15.2 Å². The van der Waals surface area contributed by atoms with Gasteiger partial charge in [0.15, 0.2) is 0 Å². The van der Waals surface area contributed by atoms with Crippen LogP contribution in [-0.2, 0) is 6.54 Å². The smallest absolute Gasteiger partial charge is 0.124 e. The SMILES string of the molecule is C=CCOc1ccccc1CN[C@@H](CC)CO. The molecule has 0 radical (unpaired) electrons. The summed E-state index contributed by atoms with van der Waals surface area (Å²) in [6.07, 6.45) is 2.64. The lowest BCUT2D eigenvalue weighted by atomic mass is 10.1. The fourth-order valence-corrected chi connectivity index (χ4v) is 1.53. The molecule has 0 spiro atoms. The number of para-hydroxylation sites is 1. The Labute approximate surface area is 103 Å². The van der Waals surface area contributed by atoms with E-state index in [1.54, 1.807) is 6.08 Å². The Morgan fingerprint density at radius 1 is 1.47 bits per heavy atom. The summed E-state index contributed by atoms with van der Waals surface area (Å²) in [5, 5.41) is 12.4. The van der Waals surface area contributed by atoms with E-state index >= 15 is 0 Å². The molecule has 0 bridgehead atoms. The molecule has 0 aliphatic carbocycles. The minimum Gasteiger partial charge on any atom is -0.489 e. The second-order valence-corrected chi connectivity index (χ2v) is 3.88. The fraction of sp³-hybridized carbons (Fsp3) is 0.429. The van der Waals surface area contributed by atoms with Gasteiger partial charge in [0.2, 0.25) is 0 Å². The molecule has 94 valence electrons. The van der Waals surface area contributed by atoms with Crippen molar-refractivity contribution in [2.75, 3.05) is 13.2 Å². The number of benzene rings is 1. The standard InChI is InChI=1S/C14H21NO2/c1-3-9-17-14-8-6-5-7-12(14)10-15-13(4-2)11-16/h3,5-8,13,15-16H,1,4,9-11H2,2H3/t13-/m0/s1. The van der Waals surface area contributed by atoms with Crippen molar-refractivity contribution in [1.29, 1.82) is 0 Å². The maximum atomic E-state index is 9.11. The maximum absolute atomic E-state index is 9.11. The molecule has 0 aliphatic heterocycles. The molecule has 1 aromatic carbocycles. The summed E-state index contributed by atoms with van der Waals surface area (Å²) >= 11 is 0. The quantitative estimate of drug-likeness (QED) is 0.678. The number of hydrogen-bond donors (Lipinski definition) is 2. The number of nitrogens with one attached hydrogen (secondary N) is 1. The van der Waals surface area contributed by atoms with Crippen molar-refractivity contribution in [3.05, 3.63) is 42.5 Å². The number of aliphatic hydroxyl groups excluding tert-OH is 1. The first-order chi connectivity index (χ1) is 8.31. The topological polar surface area (TPSA) is 41.5 Å². The Bertz CT molecular complexity index is 335. The summed E-state index contributed by atoms with van der Waals surface area (Å²) in [6.45, 7) is 7.05. The van der Waals surface area contributed by atoms with Gasteiger partial charge in [-0.15, -0.1) is 0 Å². The molecule has 2 N–H and O–H groups in total. The van der Waals surface area contributed by atoms with Crippen LogP contribution in [0.4, 0.5) is 0 Å². The largest absolute Gasteiger partial charge is 0.489 e. The lowest BCUT2D eigenvalue weighted by molar-refractivity contribution is 0.237. The van der Waals surface area contributed by atoms with Crippen LogP contribution in [0.3, 0.4) is 0 Å². The zero-order chi connectivity index (χ0) is 12.5. The summed E-state index contributed by atoms with van der Waals surface area (Å²) in [5.74, 6) is 0.868. The van der Waals surface area contributed by atoms with Crippen LogP contribution >= 0.6 is 0 Å². The van der Waals surface area contributed by atoms with Gasteiger partial charge in [0.05, 0.1) is 6.61 Å². The van der Waals surface area contributed by atoms with E-state index < -0.39 is 0 Å². The van der Waals surface area contributed by atoms with E-state index in [1.807, 2.05) is 31.2 Å². The third-order valence-electron chi connectivity index (χ3n) is 2.62. The Hall–Kier alpha value is -1.32. The first-order valence-corrected chi connectivity index (χ1v) is 5.97. The second kappa shape index (κ2) is 7.87. The molecule has 0 heterocycles. The van der Waals surface area contributed by atoms with Crippen LogP contribution in [0.2, 0.25) is 0 Å². The van der Waals surface area contributed by atoms with E-state index in [2.05, 4.69) is 11.9 Å². The van der Waals surface area contributed by atoms with E-state index in [-0.39, 0.29) is 12.6 Å². The zero-order valence-electron chi connectivity index (χ0n) is 10.4. The highest BCUT2D eigenvalue weighted by molar-refractivity contribution is 5.33. The van der Waals surface area contributed by atoms with Gasteiger partial charge in [0, 0.05) is 18.2 Å². The van der Waals surface area contributed by atoms with Gasteiger partial charge in [0.25, 0.3) is 0 Å². The van der Waals surface area contributed by atoms with Crippen molar-refractivity contribution in [3.8, 4) is 5.75 Å². The summed E-state index contributed by atoms with van der Waals surface area (Å²) in [7, 11) is 0. The molecule has 0 saturated carbocycles. The van der Waals surface area contributed by atoms with Crippen LogP contribution in [0.5, 0.6) is 5.75 Å². The summed E-state index contributed by atoms with van der Waals surface area (Å²) < 4.78 is 5.57. The fourth-order valence-electron chi connectivity index (χ4n) is 1.53. The Kier molecular flexibility index (Phi) is 6.37. The van der Waals surface area contributed by atoms with Crippen molar-refractivity contribution in [2.24, 2.45) is 0 Å². The summed E-state index contributed by atoms with van der Waals surface area (Å²) in [6, 6.07) is 8.04. The summed E-state index contributed by atoms with van der Waals surface area (Å²) in [4.78, 5) is 0. The van der Waals surface area contributed by atoms with Gasteiger partial charge in [0.1, 0.15) is 12.4 Å². The Morgan fingerprint density at radius 3 is 2.88 bits per heavy atom. The molecular weight excluding hydrogens is 214 g/mol. The highest BCUT2D eigenvalue weighted by atomic mass is 16.5. The molecule has 0 saturated heterocycles. The van der Waals surface area contributed by atoms with Crippen molar-refractivity contribution >= 4 is 0 Å². The predicted octanol–water partition coefficient (Wildman–Crippen LogP) is 2.11. The van der Waals surface area contributed by atoms with Crippen molar-refractivity contribution < 1.29 is 9.84 Å². The van der Waals surface area contributed by atoms with E-state index in [4.69, 9.17) is 9.84 Å². The van der Waals surface area contributed by atoms with E-state index in [0.29, 0.717) is 13.2 Å². The Morgan fingerprint density at radius 2 is 2.24 bits per heavy atom. The second-order valence-electron chi connectivity index (χ2n) is 3.88. The first-order valence-electron chi connectivity index (χ1n) is 5.97. The van der Waals surface area contributed by atoms with Gasteiger partial charge in [-0.1, -0.05) is 37.8 Å². The van der Waals surface area contributed by atoms with Crippen LogP contribution in [0.15, 0.2) is 36.9 Å². The van der Waals surface area contributed by atoms with Crippen LogP contribution in [-0.4, -0.2) is 24.4 Å². The average molecular weight is 235 g/mol. The molecule has 1 aromatic rings. The zero-order valence-corrected chi connectivity index (χ0v) is 10.4. The molecule has 0 aromatic heterocycles. The van der Waals surface area contributed by atoms with Gasteiger partial charge in [-0.2, -0.15) is 0 Å². The monoisotopic (exact) mass is 235 g/mol. The number of aliphatic hydroxyl groups is 1. The molecule has 1 atom stereocenters. The predicted molar refractivity (Wildman–Crippen MR) is 70.1 cm³/mol. The van der Waals surface area contributed by atoms with E-state index in [9.17, 15) is 0 Å². The summed E-state index contributed by atoms with van der Waals surface area (Å²) in [5.41, 5.74) is 1.10. The van der Waals surface area contributed by atoms with Crippen molar-refractivity contribution in [1.82, 2.24) is 5.32 Å². The third-order valence-corrected chi connectivity index (χ3v) is 2.62. The van der Waals surface area contributed by atoms with Gasteiger partial charge in [-0.3, -0.25) is 0 Å². The number of rotatable bonds is 8. The lowest BCUT2D eigenvalue weighted by Gasteiger charge is -2.16. The van der Waals surface area contributed by atoms with Crippen LogP contribution in [0.1, 0.15) is 18.9 Å². The molecule has 1 rings (SSSR count). The van der Waals surface area contributed by atoms with E-state index in [1.165, 1.54) is 0 Å². The highest BCUT2D eigenvalue weighted by Crippen LogP contribution is 2.17. The van der Waals surface area contributed by atoms with Gasteiger partial charge >= 0.3 is 0 Å². The number of hydrogen-bond acceptors (Lipinski definition) is 3. The van der Waals surface area contributed by atoms with Crippen LogP contribution in [0, 0.1) is 0 Å². The molecule has 0 aliphatic rings. The minimum absolute atomic E-state index is 0.141. The third kappa shape index (κ3) is 4.59. The molecule has 0 unspecified atom stereocenters. The lowest BCUT2D eigenvalue weighted by Crippen LogP contribution is -2.31. The van der Waals surface area contributed by atoms with Crippen molar-refractivity contribution in [3.63, 3.8) is 0 Å². The Balaban J connectivity index is 2.59. The molecule has 0 fully saturated rings. The van der Waals surface area contributed by atoms with Crippen LogP contribution < -0.4 is 10.1 Å². The minimum atomic E-state index is 0.141. The van der Waals surface area contributed by atoms with Crippen molar-refractivity contribution in [2.45, 2.75) is 25.9 Å². The van der Waals surface area contributed by atoms with Crippen LogP contribution in [0.25, 0.3) is 0 Å². The molecular formula is C14H21NO2. The molecule has 3 nitrogen and oxygen atoms in total. The molecule has 3 heteroatoms. The maximum Gasteiger partial charge on any atom is 0.124 e.